The zero-order valence-corrected chi connectivity index (χ0v) is 23.9. The van der Waals surface area contributed by atoms with Crippen molar-refractivity contribution >= 4 is 29.3 Å². The molecule has 4 aromatic rings. The van der Waals surface area contributed by atoms with Gasteiger partial charge < -0.3 is 30.1 Å². The van der Waals surface area contributed by atoms with Crippen molar-refractivity contribution < 1.29 is 34.4 Å². The van der Waals surface area contributed by atoms with Crippen molar-refractivity contribution in [1.29, 1.82) is 0 Å². The number of carboxylic acids is 1. The molecule has 1 saturated heterocycles. The number of aliphatic hydroxyl groups is 1. The van der Waals surface area contributed by atoms with Crippen LogP contribution in [-0.4, -0.2) is 59.3 Å². The number of carbonyl (C=O) groups excluding carboxylic acids is 1. The summed E-state index contributed by atoms with van der Waals surface area (Å²) in [7, 11) is 0. The molecule has 1 amide bonds. The van der Waals surface area contributed by atoms with Crippen LogP contribution in [0, 0.1) is 0 Å². The Morgan fingerprint density at radius 3 is 2.53 bits per heavy atom. The van der Waals surface area contributed by atoms with Gasteiger partial charge in [-0.3, -0.25) is 9.59 Å². The molecule has 0 saturated carbocycles. The predicted octanol–water partition coefficient (Wildman–Crippen LogP) is 4.39. The molecule has 1 fully saturated rings. The molecule has 12 nitrogen and oxygen atoms in total. The van der Waals surface area contributed by atoms with E-state index in [2.05, 4.69) is 20.8 Å². The summed E-state index contributed by atoms with van der Waals surface area (Å²) in [5.41, 5.74) is 3.71. The molecule has 0 radical (unpaired) electrons. The maximum Gasteiger partial charge on any atom is 0.303 e. The maximum atomic E-state index is 12.3. The molecule has 1 aliphatic rings. The van der Waals surface area contributed by atoms with E-state index in [9.17, 15) is 19.8 Å². The number of carboxylic acid groups (broad SMARTS) is 1. The molecule has 5 rings (SSSR count). The van der Waals surface area contributed by atoms with Crippen LogP contribution in [0.2, 0.25) is 0 Å². The van der Waals surface area contributed by atoms with Gasteiger partial charge in [0, 0.05) is 36.3 Å². The van der Waals surface area contributed by atoms with Crippen molar-refractivity contribution in [3.63, 3.8) is 0 Å². The lowest BCUT2D eigenvalue weighted by molar-refractivity contribution is -0.245. The summed E-state index contributed by atoms with van der Waals surface area (Å²) >= 11 is 1.43. The van der Waals surface area contributed by atoms with Crippen LogP contribution in [0.3, 0.4) is 0 Å². The van der Waals surface area contributed by atoms with Crippen molar-refractivity contribution in [1.82, 2.24) is 20.2 Å². The van der Waals surface area contributed by atoms with E-state index in [1.165, 1.54) is 11.8 Å². The first-order valence-electron chi connectivity index (χ1n) is 13.7. The van der Waals surface area contributed by atoms with Gasteiger partial charge in [0.05, 0.1) is 24.5 Å². The summed E-state index contributed by atoms with van der Waals surface area (Å²) in [6.45, 7) is -0.0542. The standard InChI is InChI=1S/C30H31N5O7S/c36-17-19-7-9-20(10-8-19)26-16-25(18-43-30-32-33-34-35(30)23-11-13-24(37)14-12-23)41-29(42-26)21-3-1-4-22(15-21)31-27(38)5-2-6-28(39)40/h1,3-4,7-15,25-26,29,36-37H,2,5-6,16-18H2,(H,31,38)(H,39,40). The number of hydrogen-bond acceptors (Lipinski definition) is 10. The number of aliphatic hydroxyl groups excluding tert-OH is 1. The number of carbonyl (C=O) groups is 2. The van der Waals surface area contributed by atoms with Crippen molar-refractivity contribution in [2.45, 2.75) is 55.9 Å². The summed E-state index contributed by atoms with van der Waals surface area (Å²) in [6, 6.07) is 21.4. The van der Waals surface area contributed by atoms with E-state index in [1.54, 1.807) is 47.1 Å². The first-order valence-corrected chi connectivity index (χ1v) is 14.7. The quantitative estimate of drug-likeness (QED) is 0.169. The molecule has 1 aliphatic heterocycles. The van der Waals surface area contributed by atoms with Gasteiger partial charge in [0.2, 0.25) is 11.1 Å². The Kier molecular flexibility index (Phi) is 10.00. The van der Waals surface area contributed by atoms with Gasteiger partial charge in [-0.1, -0.05) is 48.2 Å². The Bertz CT molecular complexity index is 1530. The molecule has 0 spiro atoms. The number of amides is 1. The molecule has 3 aromatic carbocycles. The average molecular weight is 606 g/mol. The monoisotopic (exact) mass is 605 g/mol. The average Bonchev–Trinajstić information content (AvgIpc) is 3.49. The third-order valence-electron chi connectivity index (χ3n) is 6.79. The Morgan fingerprint density at radius 1 is 1.00 bits per heavy atom. The fourth-order valence-electron chi connectivity index (χ4n) is 4.60. The number of thioether (sulfide) groups is 1. The van der Waals surface area contributed by atoms with E-state index in [-0.39, 0.29) is 49.7 Å². The second-order valence-electron chi connectivity index (χ2n) is 9.97. The number of phenols is 1. The zero-order valence-electron chi connectivity index (χ0n) is 23.1. The van der Waals surface area contributed by atoms with E-state index in [0.29, 0.717) is 34.3 Å². The fourth-order valence-corrected chi connectivity index (χ4v) is 5.51. The highest BCUT2D eigenvalue weighted by Crippen LogP contribution is 2.40. The van der Waals surface area contributed by atoms with Crippen molar-refractivity contribution in [3.05, 3.63) is 89.5 Å². The van der Waals surface area contributed by atoms with Gasteiger partial charge in [-0.25, -0.2) is 0 Å². The number of tetrazole rings is 1. The van der Waals surface area contributed by atoms with Gasteiger partial charge in [0.15, 0.2) is 6.29 Å². The normalized spacial score (nSPS) is 18.3. The van der Waals surface area contributed by atoms with Crippen molar-refractivity contribution in [3.8, 4) is 11.4 Å². The number of aromatic nitrogens is 4. The summed E-state index contributed by atoms with van der Waals surface area (Å²) in [6.07, 6.45) is -0.464. The minimum absolute atomic E-state index is 0.0542. The van der Waals surface area contributed by atoms with Gasteiger partial charge >= 0.3 is 5.97 Å². The van der Waals surface area contributed by atoms with Gasteiger partial charge in [0.1, 0.15) is 5.75 Å². The largest absolute Gasteiger partial charge is 0.508 e. The highest BCUT2D eigenvalue weighted by atomic mass is 32.2. The number of ether oxygens (including phenoxy) is 2. The van der Waals surface area contributed by atoms with Gasteiger partial charge in [-0.15, -0.1) is 5.10 Å². The molecule has 13 heteroatoms. The first-order chi connectivity index (χ1) is 20.9. The number of anilines is 1. The van der Waals surface area contributed by atoms with Crippen LogP contribution in [-0.2, 0) is 25.7 Å². The molecule has 3 unspecified atom stereocenters. The van der Waals surface area contributed by atoms with E-state index < -0.39 is 12.3 Å². The molecule has 43 heavy (non-hydrogen) atoms. The highest BCUT2D eigenvalue weighted by molar-refractivity contribution is 7.99. The van der Waals surface area contributed by atoms with Crippen LogP contribution in [0.25, 0.3) is 5.69 Å². The van der Waals surface area contributed by atoms with Crippen LogP contribution in [0.1, 0.15) is 54.8 Å². The van der Waals surface area contributed by atoms with E-state index >= 15 is 0 Å². The topological polar surface area (TPSA) is 169 Å². The molecule has 224 valence electrons. The number of nitrogens with one attached hydrogen (secondary N) is 1. The van der Waals surface area contributed by atoms with Gasteiger partial charge in [-0.2, -0.15) is 4.68 Å². The molecular weight excluding hydrogens is 574 g/mol. The minimum Gasteiger partial charge on any atom is -0.508 e. The number of hydrogen-bond donors (Lipinski definition) is 4. The van der Waals surface area contributed by atoms with Crippen molar-refractivity contribution in [2.24, 2.45) is 0 Å². The van der Waals surface area contributed by atoms with Crippen LogP contribution in [0.5, 0.6) is 5.75 Å². The fraction of sp³-hybridized carbons (Fsp3) is 0.300. The number of benzene rings is 3. The van der Waals surface area contributed by atoms with Crippen LogP contribution in [0.15, 0.2) is 78.0 Å². The molecule has 3 atom stereocenters. The lowest BCUT2D eigenvalue weighted by Crippen LogP contribution is -2.31. The summed E-state index contributed by atoms with van der Waals surface area (Å²) in [5, 5.41) is 43.4. The molecular formula is C30H31N5O7S. The third-order valence-corrected chi connectivity index (χ3v) is 7.84. The molecule has 2 heterocycles. The second-order valence-corrected chi connectivity index (χ2v) is 11.0. The lowest BCUT2D eigenvalue weighted by atomic mass is 10.0. The van der Waals surface area contributed by atoms with E-state index in [1.807, 2.05) is 30.3 Å². The number of nitrogens with zero attached hydrogens (tertiary/aromatic N) is 4. The molecule has 0 aliphatic carbocycles. The third kappa shape index (κ3) is 8.17. The zero-order chi connectivity index (χ0) is 30.2. The number of aliphatic carboxylic acids is 1. The Labute approximate surface area is 251 Å². The highest BCUT2D eigenvalue weighted by Gasteiger charge is 2.33. The summed E-state index contributed by atoms with van der Waals surface area (Å²) in [4.78, 5) is 23.1. The molecule has 1 aromatic heterocycles. The van der Waals surface area contributed by atoms with Crippen LogP contribution >= 0.6 is 11.8 Å². The summed E-state index contributed by atoms with van der Waals surface area (Å²) in [5.74, 6) is -0.547. The number of phenolic OH excluding ortho intramolecular Hbond substituents is 1. The number of rotatable bonds is 12. The van der Waals surface area contributed by atoms with E-state index in [4.69, 9.17) is 14.6 Å². The smallest absolute Gasteiger partial charge is 0.303 e. The second kappa shape index (κ2) is 14.2. The maximum absolute atomic E-state index is 12.3. The lowest BCUT2D eigenvalue weighted by Gasteiger charge is -2.36. The Morgan fingerprint density at radius 2 is 1.79 bits per heavy atom. The van der Waals surface area contributed by atoms with Crippen LogP contribution in [0.4, 0.5) is 5.69 Å². The summed E-state index contributed by atoms with van der Waals surface area (Å²) < 4.78 is 14.4. The SMILES string of the molecule is O=C(O)CCCC(=O)Nc1cccc(C2OC(CSc3nnnn3-c3ccc(O)cc3)CC(c3ccc(CO)cc3)O2)c1. The van der Waals surface area contributed by atoms with Gasteiger partial charge in [-0.05, 0) is 64.4 Å². The van der Waals surface area contributed by atoms with Crippen LogP contribution < -0.4 is 5.32 Å². The first kappa shape index (κ1) is 30.2. The number of aromatic hydroxyl groups is 1. The minimum atomic E-state index is -0.938. The van der Waals surface area contributed by atoms with E-state index in [0.717, 1.165) is 11.1 Å². The van der Waals surface area contributed by atoms with Gasteiger partial charge in [0.25, 0.3) is 0 Å². The molecule has 4 N–H and O–H groups in total. The predicted molar refractivity (Wildman–Crippen MR) is 157 cm³/mol. The Hall–Kier alpha value is -4.30. The Balaban J connectivity index is 1.32. The van der Waals surface area contributed by atoms with Crippen molar-refractivity contribution in [2.75, 3.05) is 11.1 Å². The molecule has 0 bridgehead atoms.